The van der Waals surface area contributed by atoms with Crippen LogP contribution in [0.1, 0.15) is 21.6 Å². The van der Waals surface area contributed by atoms with Crippen LogP contribution in [0.25, 0.3) is 21.6 Å². The van der Waals surface area contributed by atoms with Crippen LogP contribution in [0.2, 0.25) is 0 Å². The molecule has 0 radical (unpaired) electrons. The lowest BCUT2D eigenvalue weighted by molar-refractivity contribution is -0.114. The van der Waals surface area contributed by atoms with Crippen LogP contribution >= 0.6 is 11.3 Å². The maximum atomic E-state index is 13.2. The molecule has 2 aromatic carbocycles. The van der Waals surface area contributed by atoms with Crippen molar-refractivity contribution in [3.63, 3.8) is 0 Å². The molecule has 0 saturated carbocycles. The van der Waals surface area contributed by atoms with Crippen LogP contribution in [0, 0.1) is 13.8 Å². The topological polar surface area (TPSA) is 40.6 Å². The highest BCUT2D eigenvalue weighted by Crippen LogP contribution is 2.47. The summed E-state index contributed by atoms with van der Waals surface area (Å²) in [5.41, 5.74) is 6.50. The molecule has 0 aliphatic carbocycles. The summed E-state index contributed by atoms with van der Waals surface area (Å²) in [6.45, 7) is 4.09. The molecule has 0 fully saturated rings. The van der Waals surface area contributed by atoms with Gasteiger partial charge in [0, 0.05) is 35.0 Å². The number of thiophene rings is 1. The van der Waals surface area contributed by atoms with Gasteiger partial charge in [0.25, 0.3) is 11.8 Å². The number of anilines is 2. The third-order valence-corrected chi connectivity index (χ3v) is 6.77. The SMILES string of the molecule is Cc1ccc2c(c1)N(C)C(=O)/C2=C1/C(=O)N(C)c2cc(-c3ccc(C)s3)ccc21. The Morgan fingerprint density at radius 3 is 1.90 bits per heavy atom. The first kappa shape index (κ1) is 17.9. The van der Waals surface area contributed by atoms with Gasteiger partial charge in [-0.05, 0) is 49.2 Å². The van der Waals surface area contributed by atoms with Crippen molar-refractivity contribution < 1.29 is 9.59 Å². The molecule has 3 aromatic rings. The molecule has 0 N–H and O–H groups in total. The van der Waals surface area contributed by atoms with E-state index in [1.54, 1.807) is 35.2 Å². The Bertz CT molecular complexity index is 1250. The van der Waals surface area contributed by atoms with Crippen molar-refractivity contribution >= 4 is 45.7 Å². The van der Waals surface area contributed by atoms with Gasteiger partial charge in [0.05, 0.1) is 22.5 Å². The Morgan fingerprint density at radius 1 is 0.724 bits per heavy atom. The minimum absolute atomic E-state index is 0.131. The van der Waals surface area contributed by atoms with Gasteiger partial charge in [-0.2, -0.15) is 0 Å². The predicted octanol–water partition coefficient (Wildman–Crippen LogP) is 4.90. The highest BCUT2D eigenvalue weighted by molar-refractivity contribution is 7.15. The van der Waals surface area contributed by atoms with E-state index < -0.39 is 0 Å². The van der Waals surface area contributed by atoms with Gasteiger partial charge >= 0.3 is 0 Å². The van der Waals surface area contributed by atoms with Crippen molar-refractivity contribution in [3.05, 3.63) is 70.1 Å². The molecule has 2 aliphatic rings. The zero-order valence-electron chi connectivity index (χ0n) is 16.7. The van der Waals surface area contributed by atoms with E-state index in [4.69, 9.17) is 0 Å². The number of rotatable bonds is 1. The Balaban J connectivity index is 1.73. The lowest BCUT2D eigenvalue weighted by Gasteiger charge is -2.10. The van der Waals surface area contributed by atoms with Crippen molar-refractivity contribution in [1.82, 2.24) is 0 Å². The summed E-state index contributed by atoms with van der Waals surface area (Å²) in [4.78, 5) is 32.1. The van der Waals surface area contributed by atoms with E-state index in [1.165, 1.54) is 9.75 Å². The van der Waals surface area contributed by atoms with Crippen molar-refractivity contribution in [2.45, 2.75) is 13.8 Å². The van der Waals surface area contributed by atoms with E-state index in [0.29, 0.717) is 11.1 Å². The van der Waals surface area contributed by atoms with Gasteiger partial charge in [0.2, 0.25) is 0 Å². The third kappa shape index (κ3) is 2.51. The summed E-state index contributed by atoms with van der Waals surface area (Å²) in [7, 11) is 3.54. The molecule has 3 heterocycles. The normalized spacial score (nSPS) is 17.9. The Morgan fingerprint density at radius 2 is 1.31 bits per heavy atom. The Hall–Kier alpha value is -3.18. The van der Waals surface area contributed by atoms with Gasteiger partial charge in [-0.3, -0.25) is 9.59 Å². The zero-order valence-corrected chi connectivity index (χ0v) is 17.6. The minimum Gasteiger partial charge on any atom is -0.311 e. The van der Waals surface area contributed by atoms with E-state index in [-0.39, 0.29) is 11.8 Å². The van der Waals surface area contributed by atoms with Gasteiger partial charge in [0.1, 0.15) is 0 Å². The van der Waals surface area contributed by atoms with Gasteiger partial charge in [-0.1, -0.05) is 24.3 Å². The number of fused-ring (bicyclic) bond motifs is 2. The highest BCUT2D eigenvalue weighted by atomic mass is 32.1. The number of carbonyl (C=O) groups excluding carboxylic acids is 2. The van der Waals surface area contributed by atoms with E-state index in [2.05, 4.69) is 19.1 Å². The van der Waals surface area contributed by atoms with Crippen molar-refractivity contribution in [3.8, 4) is 10.4 Å². The van der Waals surface area contributed by atoms with Crippen molar-refractivity contribution in [2.24, 2.45) is 0 Å². The number of nitrogens with zero attached hydrogens (tertiary/aromatic N) is 2. The summed E-state index contributed by atoms with van der Waals surface area (Å²) >= 11 is 1.73. The zero-order chi connectivity index (χ0) is 20.4. The van der Waals surface area contributed by atoms with Gasteiger partial charge in [-0.15, -0.1) is 11.3 Å². The maximum absolute atomic E-state index is 13.2. The van der Waals surface area contributed by atoms with Crippen LogP contribution in [-0.4, -0.2) is 25.9 Å². The summed E-state index contributed by atoms with van der Waals surface area (Å²) in [6.07, 6.45) is 0. The largest absolute Gasteiger partial charge is 0.311 e. The second-order valence-corrected chi connectivity index (χ2v) is 8.93. The number of aryl methyl sites for hydroxylation is 2. The average Bonchev–Trinajstić information content (AvgIpc) is 3.32. The Labute approximate surface area is 173 Å². The van der Waals surface area contributed by atoms with Crippen LogP contribution in [0.3, 0.4) is 0 Å². The fourth-order valence-corrected chi connectivity index (χ4v) is 5.03. The van der Waals surface area contributed by atoms with Gasteiger partial charge < -0.3 is 9.80 Å². The number of amides is 2. The molecule has 1 aromatic heterocycles. The second kappa shape index (κ2) is 6.16. The smallest absolute Gasteiger partial charge is 0.259 e. The number of hydrogen-bond acceptors (Lipinski definition) is 3. The molecular weight excluding hydrogens is 380 g/mol. The van der Waals surface area contributed by atoms with Gasteiger partial charge in [-0.25, -0.2) is 0 Å². The first-order chi connectivity index (χ1) is 13.9. The van der Waals surface area contributed by atoms with Crippen LogP contribution in [-0.2, 0) is 9.59 Å². The summed E-state index contributed by atoms with van der Waals surface area (Å²) < 4.78 is 0. The molecule has 144 valence electrons. The molecule has 0 unspecified atom stereocenters. The Kier molecular flexibility index (Phi) is 3.80. The van der Waals surface area contributed by atoms with Crippen LogP contribution in [0.4, 0.5) is 11.4 Å². The number of benzene rings is 2. The standard InChI is InChI=1S/C24H20N2O2S/c1-13-5-8-16-18(11-13)25(3)23(27)21(16)22-17-9-7-15(20-10-6-14(2)29-20)12-19(17)26(4)24(22)28/h5-12H,1-4H3/b22-21+. The van der Waals surface area contributed by atoms with Crippen LogP contribution in [0.5, 0.6) is 0 Å². The van der Waals surface area contributed by atoms with Crippen LogP contribution < -0.4 is 9.80 Å². The van der Waals surface area contributed by atoms with Crippen molar-refractivity contribution in [2.75, 3.05) is 23.9 Å². The van der Waals surface area contributed by atoms with E-state index in [0.717, 1.165) is 33.6 Å². The molecule has 0 atom stereocenters. The molecule has 2 amide bonds. The molecule has 5 heteroatoms. The van der Waals surface area contributed by atoms with Crippen LogP contribution in [0.15, 0.2) is 48.5 Å². The maximum Gasteiger partial charge on any atom is 0.259 e. The average molecular weight is 401 g/mol. The first-order valence-electron chi connectivity index (χ1n) is 9.49. The third-order valence-electron chi connectivity index (χ3n) is 5.72. The van der Waals surface area contributed by atoms with E-state index in [9.17, 15) is 9.59 Å². The number of hydrogen-bond donors (Lipinski definition) is 0. The number of carbonyl (C=O) groups is 2. The summed E-state index contributed by atoms with van der Waals surface area (Å²) in [5, 5.41) is 0. The van der Waals surface area contributed by atoms with E-state index >= 15 is 0 Å². The summed E-state index contributed by atoms with van der Waals surface area (Å²) in [5.74, 6) is -0.266. The molecular formula is C24H20N2O2S. The van der Waals surface area contributed by atoms with E-state index in [1.807, 2.05) is 43.3 Å². The molecule has 0 saturated heterocycles. The minimum atomic E-state index is -0.135. The second-order valence-electron chi connectivity index (χ2n) is 7.64. The molecule has 29 heavy (non-hydrogen) atoms. The fraction of sp³-hybridized carbons (Fsp3) is 0.167. The molecule has 0 bridgehead atoms. The molecule has 0 spiro atoms. The van der Waals surface area contributed by atoms with Crippen molar-refractivity contribution in [1.29, 1.82) is 0 Å². The monoisotopic (exact) mass is 400 g/mol. The molecule has 2 aliphatic heterocycles. The van der Waals surface area contributed by atoms with Gasteiger partial charge in [0.15, 0.2) is 0 Å². The molecule has 5 rings (SSSR count). The summed E-state index contributed by atoms with van der Waals surface area (Å²) in [6, 6.07) is 16.2. The predicted molar refractivity (Wildman–Crippen MR) is 119 cm³/mol. The lowest BCUT2D eigenvalue weighted by atomic mass is 9.95. The fourth-order valence-electron chi connectivity index (χ4n) is 4.16. The molecule has 4 nitrogen and oxygen atoms in total. The highest BCUT2D eigenvalue weighted by Gasteiger charge is 2.40. The number of likely N-dealkylation sites (N-methyl/N-ethyl adjacent to an activating group) is 2. The first-order valence-corrected chi connectivity index (χ1v) is 10.3. The lowest BCUT2D eigenvalue weighted by Crippen LogP contribution is -2.24. The quantitative estimate of drug-likeness (QED) is 0.546.